The zero-order valence-electron chi connectivity index (χ0n) is 10.1. The molecule has 0 aliphatic heterocycles. The van der Waals surface area contributed by atoms with Crippen molar-refractivity contribution in [3.05, 3.63) is 34.1 Å². The van der Waals surface area contributed by atoms with Gasteiger partial charge in [0, 0.05) is 5.56 Å². The van der Waals surface area contributed by atoms with Crippen LogP contribution in [-0.2, 0) is 4.79 Å². The van der Waals surface area contributed by atoms with Crippen LogP contribution in [0, 0.1) is 5.82 Å². The van der Waals surface area contributed by atoms with E-state index in [4.69, 9.17) is 0 Å². The smallest absolute Gasteiger partial charge is 0.329 e. The van der Waals surface area contributed by atoms with E-state index in [0.29, 0.717) is 12.8 Å². The van der Waals surface area contributed by atoms with Crippen molar-refractivity contribution >= 4 is 27.8 Å². The fourth-order valence-electron chi connectivity index (χ4n) is 2.30. The predicted octanol–water partition coefficient (Wildman–Crippen LogP) is 2.72. The Balaban J connectivity index is 2.20. The SMILES string of the molecule is O=C(NC1(C(=O)O)CCCC1)c1ccc(F)c(Br)c1. The van der Waals surface area contributed by atoms with Crippen molar-refractivity contribution in [2.75, 3.05) is 0 Å². The lowest BCUT2D eigenvalue weighted by atomic mass is 9.97. The van der Waals surface area contributed by atoms with Crippen LogP contribution in [0.5, 0.6) is 0 Å². The van der Waals surface area contributed by atoms with Gasteiger partial charge >= 0.3 is 5.97 Å². The van der Waals surface area contributed by atoms with Gasteiger partial charge in [0.15, 0.2) is 0 Å². The van der Waals surface area contributed by atoms with Crippen LogP contribution in [-0.4, -0.2) is 22.5 Å². The normalized spacial score (nSPS) is 17.2. The molecule has 1 fully saturated rings. The highest BCUT2D eigenvalue weighted by molar-refractivity contribution is 9.10. The molecule has 1 amide bonds. The minimum absolute atomic E-state index is 0.177. The number of halogens is 2. The Hall–Kier alpha value is -1.43. The number of carbonyl (C=O) groups excluding carboxylic acids is 1. The number of hydrogen-bond acceptors (Lipinski definition) is 2. The molecule has 0 atom stereocenters. The molecule has 1 saturated carbocycles. The third-order valence-electron chi connectivity index (χ3n) is 3.40. The van der Waals surface area contributed by atoms with Gasteiger partial charge in [-0.15, -0.1) is 0 Å². The van der Waals surface area contributed by atoms with E-state index in [1.54, 1.807) is 0 Å². The van der Waals surface area contributed by atoms with Crippen molar-refractivity contribution in [2.24, 2.45) is 0 Å². The molecule has 102 valence electrons. The van der Waals surface area contributed by atoms with Gasteiger partial charge in [-0.2, -0.15) is 0 Å². The quantitative estimate of drug-likeness (QED) is 0.896. The van der Waals surface area contributed by atoms with Crippen LogP contribution < -0.4 is 5.32 Å². The largest absolute Gasteiger partial charge is 0.480 e. The van der Waals surface area contributed by atoms with Gasteiger partial charge in [0.25, 0.3) is 5.91 Å². The molecule has 0 spiro atoms. The van der Waals surface area contributed by atoms with Crippen LogP contribution in [0.4, 0.5) is 4.39 Å². The molecule has 0 bridgehead atoms. The van der Waals surface area contributed by atoms with E-state index < -0.39 is 23.2 Å². The monoisotopic (exact) mass is 329 g/mol. The maximum absolute atomic E-state index is 13.1. The van der Waals surface area contributed by atoms with E-state index in [1.165, 1.54) is 18.2 Å². The molecule has 2 N–H and O–H groups in total. The predicted molar refractivity (Wildman–Crippen MR) is 70.4 cm³/mol. The molecule has 1 aromatic rings. The molecule has 0 aromatic heterocycles. The van der Waals surface area contributed by atoms with Gasteiger partial charge in [-0.1, -0.05) is 12.8 Å². The minimum atomic E-state index is -1.18. The maximum Gasteiger partial charge on any atom is 0.329 e. The van der Waals surface area contributed by atoms with Crippen molar-refractivity contribution in [1.29, 1.82) is 0 Å². The molecule has 0 saturated heterocycles. The van der Waals surface area contributed by atoms with Crippen LogP contribution in [0.2, 0.25) is 0 Å². The molecular weight excluding hydrogens is 317 g/mol. The number of benzene rings is 1. The summed E-state index contributed by atoms with van der Waals surface area (Å²) in [7, 11) is 0. The number of hydrogen-bond donors (Lipinski definition) is 2. The highest BCUT2D eigenvalue weighted by Crippen LogP contribution is 2.30. The fourth-order valence-corrected chi connectivity index (χ4v) is 2.68. The van der Waals surface area contributed by atoms with Crippen molar-refractivity contribution in [3.63, 3.8) is 0 Å². The summed E-state index contributed by atoms with van der Waals surface area (Å²) < 4.78 is 13.3. The van der Waals surface area contributed by atoms with E-state index in [0.717, 1.165) is 12.8 Å². The van der Waals surface area contributed by atoms with Gasteiger partial charge in [-0.3, -0.25) is 4.79 Å². The third-order valence-corrected chi connectivity index (χ3v) is 4.01. The summed E-state index contributed by atoms with van der Waals surface area (Å²) in [6, 6.07) is 3.84. The molecule has 0 radical (unpaired) electrons. The second kappa shape index (κ2) is 5.28. The topological polar surface area (TPSA) is 66.4 Å². The number of aliphatic carboxylic acids is 1. The van der Waals surface area contributed by atoms with Crippen molar-refractivity contribution in [1.82, 2.24) is 5.32 Å². The minimum Gasteiger partial charge on any atom is -0.480 e. The van der Waals surface area contributed by atoms with Crippen LogP contribution in [0.15, 0.2) is 22.7 Å². The van der Waals surface area contributed by atoms with E-state index >= 15 is 0 Å². The first-order valence-corrected chi connectivity index (χ1v) is 6.75. The van der Waals surface area contributed by atoms with E-state index in [1.807, 2.05) is 0 Å². The zero-order chi connectivity index (χ0) is 14.0. The number of carboxylic acid groups (broad SMARTS) is 1. The number of carbonyl (C=O) groups is 2. The summed E-state index contributed by atoms with van der Waals surface area (Å²) in [5.41, 5.74) is -0.946. The second-order valence-electron chi connectivity index (χ2n) is 4.68. The average Bonchev–Trinajstić information content (AvgIpc) is 2.82. The summed E-state index contributed by atoms with van der Waals surface area (Å²) in [5.74, 6) is -1.98. The molecule has 4 nitrogen and oxygen atoms in total. The fraction of sp³-hybridized carbons (Fsp3) is 0.385. The maximum atomic E-state index is 13.1. The first-order chi connectivity index (χ1) is 8.94. The van der Waals surface area contributed by atoms with E-state index in [9.17, 15) is 19.1 Å². The van der Waals surface area contributed by atoms with Crippen LogP contribution in [0.1, 0.15) is 36.0 Å². The van der Waals surface area contributed by atoms with Gasteiger partial charge in [0.1, 0.15) is 11.4 Å². The van der Waals surface area contributed by atoms with Crippen LogP contribution in [0.25, 0.3) is 0 Å². The molecule has 19 heavy (non-hydrogen) atoms. The third kappa shape index (κ3) is 2.78. The number of amides is 1. The van der Waals surface area contributed by atoms with E-state index in [2.05, 4.69) is 21.2 Å². The lowest BCUT2D eigenvalue weighted by Gasteiger charge is -2.25. The van der Waals surface area contributed by atoms with Gasteiger partial charge < -0.3 is 10.4 Å². The van der Waals surface area contributed by atoms with Gasteiger partial charge in [0.2, 0.25) is 0 Å². The zero-order valence-corrected chi connectivity index (χ0v) is 11.7. The lowest BCUT2D eigenvalue weighted by molar-refractivity contribution is -0.144. The van der Waals surface area contributed by atoms with Gasteiger partial charge in [-0.05, 0) is 47.0 Å². The molecule has 2 rings (SSSR count). The summed E-state index contributed by atoms with van der Waals surface area (Å²) in [6.45, 7) is 0. The molecule has 1 aliphatic rings. The van der Waals surface area contributed by atoms with Crippen LogP contribution in [0.3, 0.4) is 0 Å². The molecule has 1 aromatic carbocycles. The number of carboxylic acids is 1. The Morgan fingerprint density at radius 1 is 1.32 bits per heavy atom. The Morgan fingerprint density at radius 2 is 1.95 bits per heavy atom. The Bertz CT molecular complexity index is 527. The summed E-state index contributed by atoms with van der Waals surface area (Å²) in [5, 5.41) is 11.8. The lowest BCUT2D eigenvalue weighted by Crippen LogP contribution is -2.52. The second-order valence-corrected chi connectivity index (χ2v) is 5.53. The highest BCUT2D eigenvalue weighted by Gasteiger charge is 2.42. The molecular formula is C13H13BrFNO3. The number of rotatable bonds is 3. The molecule has 0 unspecified atom stereocenters. The summed E-state index contributed by atoms with van der Waals surface area (Å²) in [4.78, 5) is 23.4. The van der Waals surface area contributed by atoms with E-state index in [-0.39, 0.29) is 10.0 Å². The first kappa shape index (κ1) is 14.0. The first-order valence-electron chi connectivity index (χ1n) is 5.95. The van der Waals surface area contributed by atoms with Gasteiger partial charge in [-0.25, -0.2) is 9.18 Å². The van der Waals surface area contributed by atoms with Crippen molar-refractivity contribution in [3.8, 4) is 0 Å². The molecule has 0 heterocycles. The Kier molecular flexibility index (Phi) is 3.89. The Morgan fingerprint density at radius 3 is 2.47 bits per heavy atom. The van der Waals surface area contributed by atoms with Crippen molar-refractivity contribution < 1.29 is 19.1 Å². The Labute approximate surface area is 118 Å². The molecule has 6 heteroatoms. The number of nitrogens with one attached hydrogen (secondary N) is 1. The van der Waals surface area contributed by atoms with Crippen LogP contribution >= 0.6 is 15.9 Å². The van der Waals surface area contributed by atoms with Gasteiger partial charge in [0.05, 0.1) is 4.47 Å². The molecule has 1 aliphatic carbocycles. The summed E-state index contributed by atoms with van der Waals surface area (Å²) in [6.07, 6.45) is 2.41. The standard InChI is InChI=1S/C13H13BrFNO3/c14-9-7-8(3-4-10(9)15)11(17)16-13(12(18)19)5-1-2-6-13/h3-4,7H,1-2,5-6H2,(H,16,17)(H,18,19). The summed E-state index contributed by atoms with van der Waals surface area (Å²) >= 11 is 3.00. The average molecular weight is 330 g/mol. The van der Waals surface area contributed by atoms with Crippen molar-refractivity contribution in [2.45, 2.75) is 31.2 Å². The highest BCUT2D eigenvalue weighted by atomic mass is 79.9.